The van der Waals surface area contributed by atoms with Crippen LogP contribution in [0.2, 0.25) is 0 Å². The highest BCUT2D eigenvalue weighted by Gasteiger charge is 2.20. The van der Waals surface area contributed by atoms with E-state index >= 15 is 0 Å². The van der Waals surface area contributed by atoms with Crippen LogP contribution >= 0.6 is 11.6 Å². The molecular formula is C14H15ClFN3O. The summed E-state index contributed by atoms with van der Waals surface area (Å²) in [6.45, 7) is 0. The molecule has 1 N–H and O–H groups in total. The van der Waals surface area contributed by atoms with Gasteiger partial charge in [-0.2, -0.15) is 0 Å². The Labute approximate surface area is 121 Å². The van der Waals surface area contributed by atoms with Crippen LogP contribution in [0.5, 0.6) is 0 Å². The predicted molar refractivity (Wildman–Crippen MR) is 74.9 cm³/mol. The number of imidazole rings is 1. The number of halogens is 2. The molecular weight excluding hydrogens is 281 g/mol. The number of amides is 1. The van der Waals surface area contributed by atoms with E-state index in [0.717, 1.165) is 5.56 Å². The van der Waals surface area contributed by atoms with E-state index in [2.05, 4.69) is 10.3 Å². The fourth-order valence-corrected chi connectivity index (χ4v) is 2.10. The van der Waals surface area contributed by atoms with Crippen LogP contribution in [0.3, 0.4) is 0 Å². The van der Waals surface area contributed by atoms with E-state index in [4.69, 9.17) is 11.6 Å². The highest BCUT2D eigenvalue weighted by Crippen LogP contribution is 2.20. The minimum Gasteiger partial charge on any atom is -0.342 e. The van der Waals surface area contributed by atoms with E-state index in [1.165, 1.54) is 12.1 Å². The van der Waals surface area contributed by atoms with Gasteiger partial charge in [0, 0.05) is 31.7 Å². The van der Waals surface area contributed by atoms with E-state index < -0.39 is 6.04 Å². The number of hydrogen-bond donors (Lipinski definition) is 1. The van der Waals surface area contributed by atoms with Crippen LogP contribution in [0, 0.1) is 5.82 Å². The van der Waals surface area contributed by atoms with Crippen LogP contribution in [-0.2, 0) is 11.8 Å². The Morgan fingerprint density at radius 2 is 2.15 bits per heavy atom. The summed E-state index contributed by atoms with van der Waals surface area (Å²) in [6.07, 6.45) is 3.67. The fourth-order valence-electron chi connectivity index (χ4n) is 1.93. The normalized spacial score (nSPS) is 12.2. The molecule has 4 nitrogen and oxygen atoms in total. The Kier molecular flexibility index (Phi) is 4.74. The minimum atomic E-state index is -0.425. The molecule has 1 amide bonds. The molecule has 2 rings (SSSR count). The monoisotopic (exact) mass is 295 g/mol. The number of nitrogens with zero attached hydrogens (tertiary/aromatic N) is 2. The van der Waals surface area contributed by atoms with Gasteiger partial charge in [0.25, 0.3) is 0 Å². The number of aromatic nitrogens is 2. The summed E-state index contributed by atoms with van der Waals surface area (Å²) in [5.41, 5.74) is 0.767. The van der Waals surface area contributed by atoms with E-state index in [-0.39, 0.29) is 24.0 Å². The Hall–Kier alpha value is -1.88. The summed E-state index contributed by atoms with van der Waals surface area (Å²) in [5.74, 6) is 0.444. The molecule has 0 radical (unpaired) electrons. The molecule has 6 heteroatoms. The van der Waals surface area contributed by atoms with Gasteiger partial charge >= 0.3 is 0 Å². The zero-order valence-electron chi connectivity index (χ0n) is 11.0. The zero-order valence-corrected chi connectivity index (χ0v) is 11.8. The lowest BCUT2D eigenvalue weighted by Gasteiger charge is -2.19. The number of carbonyl (C=O) groups excluding carboxylic acids is 1. The summed E-state index contributed by atoms with van der Waals surface area (Å²) >= 11 is 5.57. The predicted octanol–water partition coefficient (Wildman–Crippen LogP) is 2.39. The van der Waals surface area contributed by atoms with Gasteiger partial charge in [0.1, 0.15) is 17.7 Å². The van der Waals surface area contributed by atoms with Gasteiger partial charge in [-0.3, -0.25) is 4.79 Å². The van der Waals surface area contributed by atoms with E-state index in [1.54, 1.807) is 24.5 Å². The first-order valence-electron chi connectivity index (χ1n) is 6.20. The summed E-state index contributed by atoms with van der Waals surface area (Å²) in [5, 5.41) is 2.87. The van der Waals surface area contributed by atoms with Crippen LogP contribution in [0.1, 0.15) is 23.9 Å². The summed E-state index contributed by atoms with van der Waals surface area (Å²) in [7, 11) is 1.84. The molecule has 0 aliphatic rings. The number of benzene rings is 1. The lowest BCUT2D eigenvalue weighted by atomic mass is 10.1. The molecule has 0 saturated heterocycles. The molecule has 1 aromatic heterocycles. The van der Waals surface area contributed by atoms with Crippen molar-refractivity contribution in [3.8, 4) is 0 Å². The molecule has 0 saturated carbocycles. The first kappa shape index (κ1) is 14.5. The summed E-state index contributed by atoms with van der Waals surface area (Å²) in [4.78, 5) is 16.0. The average Bonchev–Trinajstić information content (AvgIpc) is 2.84. The maximum atomic E-state index is 13.0. The molecule has 0 aliphatic heterocycles. The van der Waals surface area contributed by atoms with Crippen LogP contribution in [0.15, 0.2) is 36.7 Å². The van der Waals surface area contributed by atoms with Crippen molar-refractivity contribution >= 4 is 17.5 Å². The maximum Gasteiger partial charge on any atom is 0.222 e. The van der Waals surface area contributed by atoms with Crippen LogP contribution in [0.25, 0.3) is 0 Å². The third-order valence-electron chi connectivity index (χ3n) is 2.95. The Balaban J connectivity index is 2.31. The lowest BCUT2D eigenvalue weighted by Crippen LogP contribution is -2.31. The SMILES string of the molecule is Cn1ccnc1C(NC(=O)CCCl)c1ccc(F)cc1. The van der Waals surface area contributed by atoms with Crippen molar-refractivity contribution in [2.75, 3.05) is 5.88 Å². The van der Waals surface area contributed by atoms with Gasteiger partial charge in [-0.25, -0.2) is 9.37 Å². The Bertz CT molecular complexity index is 582. The number of alkyl halides is 1. The van der Waals surface area contributed by atoms with Crippen LogP contribution < -0.4 is 5.32 Å². The second-order valence-electron chi connectivity index (χ2n) is 4.39. The number of carbonyl (C=O) groups is 1. The van der Waals surface area contributed by atoms with Crippen LogP contribution in [-0.4, -0.2) is 21.3 Å². The number of aryl methyl sites for hydroxylation is 1. The second-order valence-corrected chi connectivity index (χ2v) is 4.77. The van der Waals surface area contributed by atoms with Gasteiger partial charge in [-0.15, -0.1) is 11.6 Å². The minimum absolute atomic E-state index is 0.169. The molecule has 0 bridgehead atoms. The highest BCUT2D eigenvalue weighted by atomic mass is 35.5. The molecule has 1 atom stereocenters. The molecule has 1 unspecified atom stereocenters. The van der Waals surface area contributed by atoms with Gasteiger partial charge < -0.3 is 9.88 Å². The molecule has 106 valence electrons. The molecule has 1 heterocycles. The molecule has 1 aromatic carbocycles. The lowest BCUT2D eigenvalue weighted by molar-refractivity contribution is -0.121. The van der Waals surface area contributed by atoms with Crippen molar-refractivity contribution in [3.05, 3.63) is 53.9 Å². The third kappa shape index (κ3) is 3.36. The molecule has 20 heavy (non-hydrogen) atoms. The van der Waals surface area contributed by atoms with Crippen molar-refractivity contribution in [1.29, 1.82) is 0 Å². The van der Waals surface area contributed by atoms with Crippen molar-refractivity contribution in [3.63, 3.8) is 0 Å². The van der Waals surface area contributed by atoms with Crippen molar-refractivity contribution < 1.29 is 9.18 Å². The second kappa shape index (κ2) is 6.52. The Morgan fingerprint density at radius 3 is 2.70 bits per heavy atom. The van der Waals surface area contributed by atoms with Gasteiger partial charge in [0.2, 0.25) is 5.91 Å². The zero-order chi connectivity index (χ0) is 14.5. The number of nitrogens with one attached hydrogen (secondary N) is 1. The molecule has 2 aromatic rings. The maximum absolute atomic E-state index is 13.0. The molecule has 0 fully saturated rings. The van der Waals surface area contributed by atoms with Gasteiger partial charge in [-0.1, -0.05) is 12.1 Å². The van der Waals surface area contributed by atoms with E-state index in [9.17, 15) is 9.18 Å². The third-order valence-corrected chi connectivity index (χ3v) is 3.14. The topological polar surface area (TPSA) is 46.9 Å². The largest absolute Gasteiger partial charge is 0.342 e. The van der Waals surface area contributed by atoms with E-state index in [1.807, 2.05) is 11.6 Å². The van der Waals surface area contributed by atoms with Gasteiger partial charge in [0.05, 0.1) is 0 Å². The highest BCUT2D eigenvalue weighted by molar-refractivity contribution is 6.18. The van der Waals surface area contributed by atoms with Gasteiger partial charge in [-0.05, 0) is 17.7 Å². The van der Waals surface area contributed by atoms with Crippen molar-refractivity contribution in [1.82, 2.24) is 14.9 Å². The van der Waals surface area contributed by atoms with Crippen molar-refractivity contribution in [2.45, 2.75) is 12.5 Å². The fraction of sp³-hybridized carbons (Fsp3) is 0.286. The average molecular weight is 296 g/mol. The molecule has 0 spiro atoms. The smallest absolute Gasteiger partial charge is 0.222 e. The number of rotatable bonds is 5. The van der Waals surface area contributed by atoms with Crippen LogP contribution in [0.4, 0.5) is 4.39 Å². The first-order valence-corrected chi connectivity index (χ1v) is 6.73. The molecule has 0 aliphatic carbocycles. The number of hydrogen-bond acceptors (Lipinski definition) is 2. The standard InChI is InChI=1S/C14H15ClFN3O/c1-19-9-8-17-14(19)13(18-12(20)6-7-15)10-2-4-11(16)5-3-10/h2-5,8-9,13H,6-7H2,1H3,(H,18,20). The summed E-state index contributed by atoms with van der Waals surface area (Å²) < 4.78 is 14.8. The van der Waals surface area contributed by atoms with Crippen molar-refractivity contribution in [2.24, 2.45) is 7.05 Å². The quantitative estimate of drug-likeness (QED) is 0.861. The van der Waals surface area contributed by atoms with Gasteiger partial charge in [0.15, 0.2) is 0 Å². The summed E-state index contributed by atoms with van der Waals surface area (Å²) in [6, 6.07) is 5.56. The Morgan fingerprint density at radius 1 is 1.45 bits per heavy atom. The van der Waals surface area contributed by atoms with E-state index in [0.29, 0.717) is 5.82 Å². The first-order chi connectivity index (χ1) is 9.61.